The predicted octanol–water partition coefficient (Wildman–Crippen LogP) is 3.27. The molecule has 0 bridgehead atoms. The van der Waals surface area contributed by atoms with Gasteiger partial charge in [0.15, 0.2) is 0 Å². The van der Waals surface area contributed by atoms with Crippen molar-refractivity contribution in [1.29, 1.82) is 0 Å². The van der Waals surface area contributed by atoms with Crippen LogP contribution in [0.4, 0.5) is 0 Å². The first kappa shape index (κ1) is 13.2. The Hall–Kier alpha value is -1.26. The average Bonchev–Trinajstić information content (AvgIpc) is 2.54. The summed E-state index contributed by atoms with van der Waals surface area (Å²) in [5, 5.41) is 6.40. The van der Waals surface area contributed by atoms with Crippen molar-refractivity contribution in [2.45, 2.75) is 26.5 Å². The molecule has 0 saturated carbocycles. The summed E-state index contributed by atoms with van der Waals surface area (Å²) in [7, 11) is 0. The Labute approximate surface area is 115 Å². The van der Waals surface area contributed by atoms with Crippen LogP contribution in [-0.4, -0.2) is 22.5 Å². The van der Waals surface area contributed by atoms with Crippen molar-refractivity contribution < 1.29 is 9.53 Å². The average molecular weight is 287 g/mol. The molecule has 1 aromatic carbocycles. The highest BCUT2D eigenvalue weighted by Gasteiger charge is 2.39. The second-order valence-corrected chi connectivity index (χ2v) is 5.25. The lowest BCUT2D eigenvalue weighted by molar-refractivity contribution is -0.142. The summed E-state index contributed by atoms with van der Waals surface area (Å²) in [5.74, 6) is 0.122. The molecule has 1 heterocycles. The lowest BCUT2D eigenvalue weighted by Gasteiger charge is -2.25. The van der Waals surface area contributed by atoms with Crippen molar-refractivity contribution >= 4 is 35.0 Å². The molecule has 1 aromatic rings. The minimum Gasteiger partial charge on any atom is -0.448 e. The molecule has 0 radical (unpaired) electrons. The van der Waals surface area contributed by atoms with Gasteiger partial charge in [0.25, 0.3) is 0 Å². The van der Waals surface area contributed by atoms with Gasteiger partial charge < -0.3 is 4.74 Å². The van der Waals surface area contributed by atoms with Crippen molar-refractivity contribution in [3.63, 3.8) is 0 Å². The van der Waals surface area contributed by atoms with Crippen molar-refractivity contribution in [3.8, 4) is 0 Å². The van der Waals surface area contributed by atoms with E-state index in [1.807, 2.05) is 0 Å². The number of hydrogen-bond acceptors (Lipinski definition) is 3. The molecule has 96 valence electrons. The fraction of sp³-hybridized carbons (Fsp3) is 0.333. The molecule has 0 unspecified atom stereocenters. The highest BCUT2D eigenvalue weighted by Crippen LogP contribution is 2.30. The summed E-state index contributed by atoms with van der Waals surface area (Å²) in [4.78, 5) is 11.5. The second kappa shape index (κ2) is 4.44. The minimum absolute atomic E-state index is 0.194. The number of hydrazone groups is 1. The van der Waals surface area contributed by atoms with Crippen LogP contribution < -0.4 is 0 Å². The van der Waals surface area contributed by atoms with Gasteiger partial charge in [-0.1, -0.05) is 23.2 Å². The van der Waals surface area contributed by atoms with E-state index in [0.29, 0.717) is 21.5 Å². The molecule has 4 nitrogen and oxygen atoms in total. The summed E-state index contributed by atoms with van der Waals surface area (Å²) in [5.41, 5.74) is -0.206. The van der Waals surface area contributed by atoms with Gasteiger partial charge in [0.1, 0.15) is 0 Å². The minimum atomic E-state index is -0.815. The van der Waals surface area contributed by atoms with E-state index >= 15 is 0 Å². The van der Waals surface area contributed by atoms with Crippen LogP contribution in [0, 0.1) is 0 Å². The van der Waals surface area contributed by atoms with Crippen LogP contribution in [0.15, 0.2) is 23.3 Å². The number of carbonyl (C=O) groups is 1. The lowest BCUT2D eigenvalue weighted by atomic mass is 10.2. The van der Waals surface area contributed by atoms with Gasteiger partial charge in [-0.15, -0.1) is 5.10 Å². The number of nitrogens with zero attached hydrogens (tertiary/aromatic N) is 2. The Morgan fingerprint density at radius 3 is 2.56 bits per heavy atom. The van der Waals surface area contributed by atoms with Crippen LogP contribution in [0.2, 0.25) is 10.0 Å². The first-order valence-corrected chi connectivity index (χ1v) is 6.11. The maximum Gasteiger partial charge on any atom is 0.243 e. The predicted molar refractivity (Wildman–Crippen MR) is 70.7 cm³/mol. The molecule has 2 rings (SSSR count). The molecular weight excluding hydrogens is 275 g/mol. The zero-order valence-electron chi connectivity index (χ0n) is 10.2. The zero-order valence-corrected chi connectivity index (χ0v) is 11.7. The van der Waals surface area contributed by atoms with E-state index < -0.39 is 5.72 Å². The topological polar surface area (TPSA) is 41.9 Å². The standard InChI is InChI=1S/C12H12Cl2N2O2/c1-7(17)16-12(2,3)18-11(15-16)9-5-4-8(13)6-10(9)14/h4-6H,1-3H3. The molecule has 0 aliphatic carbocycles. The Morgan fingerprint density at radius 2 is 2.06 bits per heavy atom. The van der Waals surface area contributed by atoms with Crippen molar-refractivity contribution in [2.24, 2.45) is 5.10 Å². The van der Waals surface area contributed by atoms with Crippen LogP contribution in [0.1, 0.15) is 26.3 Å². The summed E-state index contributed by atoms with van der Waals surface area (Å²) >= 11 is 11.9. The first-order valence-electron chi connectivity index (χ1n) is 5.35. The highest BCUT2D eigenvalue weighted by atomic mass is 35.5. The number of ether oxygens (including phenoxy) is 1. The number of halogens is 2. The molecular formula is C12H12Cl2N2O2. The molecule has 0 fully saturated rings. The van der Waals surface area contributed by atoms with Crippen molar-refractivity contribution in [3.05, 3.63) is 33.8 Å². The number of rotatable bonds is 1. The fourth-order valence-electron chi connectivity index (χ4n) is 1.73. The quantitative estimate of drug-likeness (QED) is 0.795. The Balaban J connectivity index is 2.41. The third kappa shape index (κ3) is 2.31. The number of hydrogen-bond donors (Lipinski definition) is 0. The van der Waals surface area contributed by atoms with Gasteiger partial charge in [-0.05, 0) is 32.0 Å². The van der Waals surface area contributed by atoms with E-state index in [-0.39, 0.29) is 5.91 Å². The van der Waals surface area contributed by atoms with Gasteiger partial charge in [-0.25, -0.2) is 0 Å². The maximum absolute atomic E-state index is 11.5. The van der Waals surface area contributed by atoms with Gasteiger partial charge in [0, 0.05) is 11.9 Å². The van der Waals surface area contributed by atoms with Crippen molar-refractivity contribution in [2.75, 3.05) is 0 Å². The fourth-order valence-corrected chi connectivity index (χ4v) is 2.22. The van der Waals surface area contributed by atoms with Gasteiger partial charge in [-0.3, -0.25) is 4.79 Å². The van der Waals surface area contributed by atoms with Gasteiger partial charge in [-0.2, -0.15) is 5.01 Å². The molecule has 0 aromatic heterocycles. The molecule has 1 aliphatic rings. The molecule has 0 saturated heterocycles. The Morgan fingerprint density at radius 1 is 1.39 bits per heavy atom. The van der Waals surface area contributed by atoms with E-state index in [1.165, 1.54) is 11.9 Å². The van der Waals surface area contributed by atoms with Gasteiger partial charge in [0.2, 0.25) is 17.5 Å². The third-order valence-electron chi connectivity index (χ3n) is 2.51. The zero-order chi connectivity index (χ0) is 13.5. The highest BCUT2D eigenvalue weighted by molar-refractivity contribution is 6.36. The Bertz CT molecular complexity index is 541. The molecule has 1 aliphatic heterocycles. The molecule has 6 heteroatoms. The van der Waals surface area contributed by atoms with Crippen molar-refractivity contribution in [1.82, 2.24) is 5.01 Å². The first-order chi connectivity index (χ1) is 8.31. The van der Waals surface area contributed by atoms with Gasteiger partial charge >= 0.3 is 0 Å². The summed E-state index contributed by atoms with van der Waals surface area (Å²) in [6, 6.07) is 5.01. The van der Waals surface area contributed by atoms with Crippen LogP contribution in [0.3, 0.4) is 0 Å². The monoisotopic (exact) mass is 286 g/mol. The second-order valence-electron chi connectivity index (χ2n) is 4.41. The number of amides is 1. The lowest BCUT2D eigenvalue weighted by Crippen LogP contribution is -2.41. The Kier molecular flexibility index (Phi) is 3.25. The van der Waals surface area contributed by atoms with E-state index in [2.05, 4.69) is 5.10 Å². The van der Waals surface area contributed by atoms with Crippen LogP contribution in [-0.2, 0) is 9.53 Å². The normalized spacial score (nSPS) is 17.4. The summed E-state index contributed by atoms with van der Waals surface area (Å²) in [6.45, 7) is 4.95. The molecule has 0 N–H and O–H groups in total. The summed E-state index contributed by atoms with van der Waals surface area (Å²) in [6.07, 6.45) is 0. The smallest absolute Gasteiger partial charge is 0.243 e. The van der Waals surface area contributed by atoms with E-state index in [4.69, 9.17) is 27.9 Å². The van der Waals surface area contributed by atoms with E-state index in [9.17, 15) is 4.79 Å². The molecule has 1 amide bonds. The van der Waals surface area contributed by atoms with Crippen LogP contribution >= 0.6 is 23.2 Å². The molecule has 0 spiro atoms. The molecule has 18 heavy (non-hydrogen) atoms. The molecule has 0 atom stereocenters. The van der Waals surface area contributed by atoms with Crippen LogP contribution in [0.25, 0.3) is 0 Å². The largest absolute Gasteiger partial charge is 0.448 e. The van der Waals surface area contributed by atoms with E-state index in [0.717, 1.165) is 0 Å². The number of carbonyl (C=O) groups excluding carboxylic acids is 1. The third-order valence-corrected chi connectivity index (χ3v) is 3.05. The van der Waals surface area contributed by atoms with Gasteiger partial charge in [0.05, 0.1) is 10.6 Å². The van der Waals surface area contributed by atoms with Crippen LogP contribution in [0.5, 0.6) is 0 Å². The number of benzene rings is 1. The SMILES string of the molecule is CC(=O)N1N=C(c2ccc(Cl)cc2Cl)OC1(C)C. The van der Waals surface area contributed by atoms with E-state index in [1.54, 1.807) is 32.0 Å². The maximum atomic E-state index is 11.5. The summed E-state index contributed by atoms with van der Waals surface area (Å²) < 4.78 is 5.66.